The van der Waals surface area contributed by atoms with Gasteiger partial charge in [-0.15, -0.1) is 0 Å². The molecule has 0 saturated carbocycles. The molecule has 0 bridgehead atoms. The summed E-state index contributed by atoms with van der Waals surface area (Å²) in [6, 6.07) is 0. The molecule has 0 aromatic carbocycles. The summed E-state index contributed by atoms with van der Waals surface area (Å²) in [5.74, 6) is 0. The molecule has 2 aliphatic rings. The van der Waals surface area contributed by atoms with Crippen LogP contribution in [0.25, 0.3) is 0 Å². The number of fused-ring (bicyclic) bond motifs is 1. The number of hydrogen-bond acceptors (Lipinski definition) is 3. The van der Waals surface area contributed by atoms with Crippen molar-refractivity contribution in [3.05, 3.63) is 0 Å². The first kappa shape index (κ1) is 2.93. The summed E-state index contributed by atoms with van der Waals surface area (Å²) in [4.78, 5) is 0. The first-order valence-electron chi connectivity index (χ1n) is 1.28. The third-order valence-corrected chi connectivity index (χ3v) is 10.4. The molecular formula is CH2OS3. The Kier molecular flexibility index (Phi) is 0.300. The van der Waals surface area contributed by atoms with Crippen molar-refractivity contribution in [3.8, 4) is 0 Å². The van der Waals surface area contributed by atoms with E-state index >= 15 is 0 Å². The standard InChI is InChI=1S/CH2OS3/c2-5-1(3-5)4-5/h1,5H. The second kappa shape index (κ2) is 0.512. The van der Waals surface area contributed by atoms with Gasteiger partial charge in [-0.05, 0) is 21.6 Å². The van der Waals surface area contributed by atoms with Crippen LogP contribution in [0.15, 0.2) is 0 Å². The van der Waals surface area contributed by atoms with Crippen LogP contribution >= 0.6 is 21.6 Å². The van der Waals surface area contributed by atoms with E-state index in [1.54, 1.807) is 21.6 Å². The maximum Gasteiger partial charge on any atom is 0.143 e. The molecule has 0 aromatic rings. The smallest absolute Gasteiger partial charge is 0.143 e. The molecule has 0 spiro atoms. The number of thiol groups is 1. The summed E-state index contributed by atoms with van der Waals surface area (Å²) < 4.78 is 10.9. The quantitative estimate of drug-likeness (QED) is 0.291. The minimum atomic E-state index is -1.39. The van der Waals surface area contributed by atoms with Gasteiger partial charge in [0.1, 0.15) is 3.91 Å². The van der Waals surface area contributed by atoms with Crippen molar-refractivity contribution in [1.82, 2.24) is 0 Å². The van der Waals surface area contributed by atoms with Crippen LogP contribution in [0.5, 0.6) is 0 Å². The molecule has 0 aromatic heterocycles. The predicted molar refractivity (Wildman–Crippen MR) is 28.5 cm³/mol. The van der Waals surface area contributed by atoms with Crippen molar-refractivity contribution >= 4 is 29.6 Å². The Labute approximate surface area is 38.1 Å². The molecule has 0 amide bonds. The van der Waals surface area contributed by atoms with E-state index in [2.05, 4.69) is 0 Å². The first-order chi connectivity index (χ1) is 2.31. The summed E-state index contributed by atoms with van der Waals surface area (Å²) >= 11 is 0. The molecule has 2 aliphatic heterocycles. The van der Waals surface area contributed by atoms with E-state index < -0.39 is 8.00 Å². The second-order valence-corrected chi connectivity index (χ2v) is 10.2. The Morgan fingerprint density at radius 2 is 1.80 bits per heavy atom. The van der Waals surface area contributed by atoms with E-state index in [9.17, 15) is 4.21 Å². The van der Waals surface area contributed by atoms with E-state index in [0.29, 0.717) is 3.91 Å². The van der Waals surface area contributed by atoms with Crippen molar-refractivity contribution in [2.24, 2.45) is 0 Å². The third-order valence-electron chi connectivity index (χ3n) is 0.641. The minimum absolute atomic E-state index is 0.586. The monoisotopic (exact) mass is 126 g/mol. The SMILES string of the molecule is O=[SH]12SC1S2. The van der Waals surface area contributed by atoms with E-state index in [1.165, 1.54) is 0 Å². The van der Waals surface area contributed by atoms with E-state index in [-0.39, 0.29) is 0 Å². The highest BCUT2D eigenvalue weighted by molar-refractivity contribution is 9.37. The van der Waals surface area contributed by atoms with E-state index in [1.807, 2.05) is 0 Å². The lowest BCUT2D eigenvalue weighted by atomic mass is 11.9. The Balaban J connectivity index is 2.70. The molecule has 2 saturated heterocycles. The largest absolute Gasteiger partial charge is 0.263 e. The van der Waals surface area contributed by atoms with Crippen molar-refractivity contribution in [2.75, 3.05) is 0 Å². The lowest BCUT2D eigenvalue weighted by Gasteiger charge is -1.67. The molecule has 0 N–H and O–H groups in total. The van der Waals surface area contributed by atoms with Crippen molar-refractivity contribution in [1.29, 1.82) is 0 Å². The van der Waals surface area contributed by atoms with Crippen molar-refractivity contribution in [2.45, 2.75) is 3.91 Å². The highest BCUT2D eigenvalue weighted by Gasteiger charge is 2.65. The van der Waals surface area contributed by atoms with Gasteiger partial charge >= 0.3 is 0 Å². The average molecular weight is 126 g/mol. The fourth-order valence-corrected chi connectivity index (χ4v) is 7.61. The van der Waals surface area contributed by atoms with Crippen LogP contribution in [0, 0.1) is 0 Å². The van der Waals surface area contributed by atoms with Gasteiger partial charge in [-0.2, -0.15) is 0 Å². The van der Waals surface area contributed by atoms with Gasteiger partial charge in [-0.1, -0.05) is 0 Å². The van der Waals surface area contributed by atoms with Crippen LogP contribution in [-0.2, 0) is 8.00 Å². The summed E-state index contributed by atoms with van der Waals surface area (Å²) in [6.45, 7) is 0. The zero-order chi connectivity index (χ0) is 3.49. The number of hydrogen-bond donors (Lipinski definition) is 1. The van der Waals surface area contributed by atoms with Crippen LogP contribution in [-0.4, -0.2) is 8.12 Å². The van der Waals surface area contributed by atoms with Crippen LogP contribution in [0.4, 0.5) is 0 Å². The molecule has 4 heteroatoms. The maximum atomic E-state index is 10.3. The Morgan fingerprint density at radius 3 is 1.80 bits per heavy atom. The van der Waals surface area contributed by atoms with Crippen LogP contribution in [0.1, 0.15) is 0 Å². The Morgan fingerprint density at radius 1 is 1.60 bits per heavy atom. The third kappa shape index (κ3) is 0.239. The molecule has 2 heterocycles. The summed E-state index contributed by atoms with van der Waals surface area (Å²) in [5.41, 5.74) is 0. The molecule has 0 radical (unpaired) electrons. The molecule has 0 unspecified atom stereocenters. The summed E-state index contributed by atoms with van der Waals surface area (Å²) in [7, 11) is 1.89. The average Bonchev–Trinajstić information content (AvgIpc) is 1.74. The molecule has 2 rings (SSSR count). The predicted octanol–water partition coefficient (Wildman–Crippen LogP) is 0.610. The van der Waals surface area contributed by atoms with Gasteiger partial charge in [-0.3, -0.25) is 4.21 Å². The lowest BCUT2D eigenvalue weighted by Crippen LogP contribution is -1.43. The lowest BCUT2D eigenvalue weighted by molar-refractivity contribution is 0.695. The van der Waals surface area contributed by atoms with Gasteiger partial charge < -0.3 is 0 Å². The van der Waals surface area contributed by atoms with E-state index in [4.69, 9.17) is 0 Å². The molecule has 2 fully saturated rings. The molecule has 5 heavy (non-hydrogen) atoms. The molecular weight excluding hydrogens is 124 g/mol. The topological polar surface area (TPSA) is 17.1 Å². The highest BCUT2D eigenvalue weighted by atomic mass is 33.6. The zero-order valence-electron chi connectivity index (χ0n) is 2.25. The molecule has 30 valence electrons. The van der Waals surface area contributed by atoms with Gasteiger partial charge in [0.2, 0.25) is 0 Å². The van der Waals surface area contributed by atoms with Gasteiger partial charge in [0.15, 0.2) is 0 Å². The fourth-order valence-electron chi connectivity index (χ4n) is 0.205. The van der Waals surface area contributed by atoms with Crippen LogP contribution in [0.3, 0.4) is 0 Å². The minimum Gasteiger partial charge on any atom is -0.263 e. The normalized spacial score (nSPS) is 57.2. The van der Waals surface area contributed by atoms with Crippen molar-refractivity contribution < 1.29 is 4.21 Å². The fraction of sp³-hybridized carbons (Fsp3) is 1.00. The Hall–Kier alpha value is 0.850. The first-order valence-corrected chi connectivity index (χ1v) is 6.02. The maximum absolute atomic E-state index is 10.3. The second-order valence-electron chi connectivity index (χ2n) is 1.06. The molecule has 1 nitrogen and oxygen atoms in total. The van der Waals surface area contributed by atoms with Gasteiger partial charge in [0.25, 0.3) is 0 Å². The van der Waals surface area contributed by atoms with E-state index in [0.717, 1.165) is 0 Å². The molecule has 0 atom stereocenters. The number of rotatable bonds is 0. The Bertz CT molecular complexity index is 108. The zero-order valence-corrected chi connectivity index (χ0v) is 4.78. The van der Waals surface area contributed by atoms with Gasteiger partial charge in [0, 0.05) is 8.00 Å². The summed E-state index contributed by atoms with van der Waals surface area (Å²) in [6.07, 6.45) is 0. The highest BCUT2D eigenvalue weighted by Crippen LogP contribution is 2.82. The molecule has 0 aliphatic carbocycles. The summed E-state index contributed by atoms with van der Waals surface area (Å²) in [5, 5.41) is 0. The van der Waals surface area contributed by atoms with Crippen LogP contribution in [0.2, 0.25) is 0 Å². The van der Waals surface area contributed by atoms with Gasteiger partial charge in [-0.25, -0.2) is 0 Å². The van der Waals surface area contributed by atoms with Crippen molar-refractivity contribution in [3.63, 3.8) is 0 Å². The van der Waals surface area contributed by atoms with Gasteiger partial charge in [0.05, 0.1) is 0 Å². The van der Waals surface area contributed by atoms with Crippen LogP contribution < -0.4 is 0 Å².